The minimum Gasteiger partial charge on any atom is -0.497 e. The minimum absolute atomic E-state index is 0.278. The molecule has 0 saturated heterocycles. The second-order valence-electron chi connectivity index (χ2n) is 4.43. The molecule has 0 unspecified atom stereocenters. The summed E-state index contributed by atoms with van der Waals surface area (Å²) in [5.74, 6) is 0.884. The first-order chi connectivity index (χ1) is 7.79. The highest BCUT2D eigenvalue weighted by Gasteiger charge is 2.21. The molecule has 1 aromatic carbocycles. The quantitative estimate of drug-likeness (QED) is 0.822. The summed E-state index contributed by atoms with van der Waals surface area (Å²) < 4.78 is 5.20. The van der Waals surface area contributed by atoms with Crippen LogP contribution in [0.15, 0.2) is 24.3 Å². The molecule has 0 aromatic heterocycles. The van der Waals surface area contributed by atoms with Gasteiger partial charge in [0.15, 0.2) is 0 Å². The number of nitrogens with two attached hydrogens (primary N) is 1. The molecule has 0 radical (unpaired) electrons. The predicted octanol–water partition coefficient (Wildman–Crippen LogP) is 2.38. The molecule has 0 spiro atoms. The SMILES string of the molecule is COc1cccc(N[C@@H]2CCCC[C@@H]2N)c1. The second-order valence-corrected chi connectivity index (χ2v) is 4.43. The lowest BCUT2D eigenvalue weighted by Gasteiger charge is -2.30. The summed E-state index contributed by atoms with van der Waals surface area (Å²) in [7, 11) is 1.69. The molecule has 1 fully saturated rings. The van der Waals surface area contributed by atoms with Gasteiger partial charge in [0.05, 0.1) is 7.11 Å². The van der Waals surface area contributed by atoms with Crippen LogP contribution in [0.4, 0.5) is 5.69 Å². The average Bonchev–Trinajstić information content (AvgIpc) is 2.32. The molecule has 3 heteroatoms. The van der Waals surface area contributed by atoms with E-state index in [2.05, 4.69) is 11.4 Å². The van der Waals surface area contributed by atoms with E-state index in [0.29, 0.717) is 6.04 Å². The molecule has 1 aliphatic carbocycles. The Morgan fingerprint density at radius 3 is 2.88 bits per heavy atom. The Labute approximate surface area is 97.0 Å². The highest BCUT2D eigenvalue weighted by molar-refractivity contribution is 5.49. The van der Waals surface area contributed by atoms with Crippen molar-refractivity contribution >= 4 is 5.69 Å². The van der Waals surface area contributed by atoms with Gasteiger partial charge in [0.2, 0.25) is 0 Å². The van der Waals surface area contributed by atoms with E-state index >= 15 is 0 Å². The molecule has 3 N–H and O–H groups in total. The number of benzene rings is 1. The number of anilines is 1. The molecule has 1 aromatic rings. The van der Waals surface area contributed by atoms with E-state index in [1.165, 1.54) is 19.3 Å². The number of hydrogen-bond acceptors (Lipinski definition) is 3. The Morgan fingerprint density at radius 1 is 1.31 bits per heavy atom. The van der Waals surface area contributed by atoms with Crippen LogP contribution in [0.5, 0.6) is 5.75 Å². The van der Waals surface area contributed by atoms with Crippen LogP contribution in [-0.4, -0.2) is 19.2 Å². The molecule has 2 rings (SSSR count). The van der Waals surface area contributed by atoms with Gasteiger partial charge in [-0.15, -0.1) is 0 Å². The van der Waals surface area contributed by atoms with Crippen LogP contribution in [0.25, 0.3) is 0 Å². The number of rotatable bonds is 3. The van der Waals surface area contributed by atoms with E-state index in [0.717, 1.165) is 17.9 Å². The zero-order valence-electron chi connectivity index (χ0n) is 9.78. The molecule has 1 aliphatic rings. The number of ether oxygens (including phenoxy) is 1. The maximum Gasteiger partial charge on any atom is 0.120 e. The Kier molecular flexibility index (Phi) is 3.67. The average molecular weight is 220 g/mol. The minimum atomic E-state index is 0.278. The molecular formula is C13H20N2O. The van der Waals surface area contributed by atoms with Crippen LogP contribution in [0.2, 0.25) is 0 Å². The van der Waals surface area contributed by atoms with Crippen molar-refractivity contribution in [2.75, 3.05) is 12.4 Å². The molecule has 0 aliphatic heterocycles. The van der Waals surface area contributed by atoms with Gasteiger partial charge < -0.3 is 15.8 Å². The van der Waals surface area contributed by atoms with Crippen molar-refractivity contribution in [3.8, 4) is 5.75 Å². The molecular weight excluding hydrogens is 200 g/mol. The number of nitrogens with one attached hydrogen (secondary N) is 1. The molecule has 16 heavy (non-hydrogen) atoms. The summed E-state index contributed by atoms with van der Waals surface area (Å²) in [5.41, 5.74) is 7.20. The lowest BCUT2D eigenvalue weighted by atomic mass is 9.91. The molecule has 0 bridgehead atoms. The van der Waals surface area contributed by atoms with Gasteiger partial charge in [-0.05, 0) is 25.0 Å². The monoisotopic (exact) mass is 220 g/mol. The third kappa shape index (κ3) is 2.67. The van der Waals surface area contributed by atoms with Crippen molar-refractivity contribution in [2.45, 2.75) is 37.8 Å². The van der Waals surface area contributed by atoms with Crippen molar-refractivity contribution < 1.29 is 4.74 Å². The molecule has 0 heterocycles. The third-order valence-electron chi connectivity index (χ3n) is 3.24. The molecule has 3 nitrogen and oxygen atoms in total. The highest BCUT2D eigenvalue weighted by atomic mass is 16.5. The summed E-state index contributed by atoms with van der Waals surface area (Å²) in [6, 6.07) is 8.70. The third-order valence-corrected chi connectivity index (χ3v) is 3.24. The predicted molar refractivity (Wildman–Crippen MR) is 66.8 cm³/mol. The van der Waals surface area contributed by atoms with Crippen LogP contribution < -0.4 is 15.8 Å². The smallest absolute Gasteiger partial charge is 0.120 e. The van der Waals surface area contributed by atoms with Crippen LogP contribution in [0, 0.1) is 0 Å². The van der Waals surface area contributed by atoms with Gasteiger partial charge in [0.1, 0.15) is 5.75 Å². The molecule has 1 saturated carbocycles. The van der Waals surface area contributed by atoms with E-state index in [9.17, 15) is 0 Å². The van der Waals surface area contributed by atoms with Gasteiger partial charge >= 0.3 is 0 Å². The van der Waals surface area contributed by atoms with Gasteiger partial charge in [0, 0.05) is 23.8 Å². The topological polar surface area (TPSA) is 47.3 Å². The van der Waals surface area contributed by atoms with E-state index in [1.54, 1.807) is 7.11 Å². The van der Waals surface area contributed by atoms with Gasteiger partial charge in [-0.1, -0.05) is 18.9 Å². The molecule has 2 atom stereocenters. The van der Waals surface area contributed by atoms with Crippen LogP contribution in [0.3, 0.4) is 0 Å². The van der Waals surface area contributed by atoms with Crippen molar-refractivity contribution in [1.29, 1.82) is 0 Å². The van der Waals surface area contributed by atoms with E-state index in [-0.39, 0.29) is 6.04 Å². The summed E-state index contributed by atoms with van der Waals surface area (Å²) in [5, 5.41) is 3.50. The van der Waals surface area contributed by atoms with Gasteiger partial charge in [-0.25, -0.2) is 0 Å². The first-order valence-electron chi connectivity index (χ1n) is 5.96. The van der Waals surface area contributed by atoms with Crippen molar-refractivity contribution in [3.05, 3.63) is 24.3 Å². The Hall–Kier alpha value is -1.22. The van der Waals surface area contributed by atoms with E-state index in [4.69, 9.17) is 10.5 Å². The Bertz CT molecular complexity index is 340. The zero-order chi connectivity index (χ0) is 11.4. The summed E-state index contributed by atoms with van der Waals surface area (Å²) in [6.07, 6.45) is 4.83. The molecule has 0 amide bonds. The first kappa shape index (κ1) is 11.3. The maximum atomic E-state index is 6.10. The number of hydrogen-bond donors (Lipinski definition) is 2. The van der Waals surface area contributed by atoms with E-state index in [1.807, 2.05) is 18.2 Å². The van der Waals surface area contributed by atoms with Crippen LogP contribution >= 0.6 is 0 Å². The lowest BCUT2D eigenvalue weighted by Crippen LogP contribution is -2.42. The standard InChI is InChI=1S/C13H20N2O/c1-16-11-6-4-5-10(9-11)15-13-8-3-2-7-12(13)14/h4-6,9,12-13,15H,2-3,7-8,14H2,1H3/t12-,13+/m0/s1. The van der Waals surface area contributed by atoms with Crippen LogP contribution in [0.1, 0.15) is 25.7 Å². The van der Waals surface area contributed by atoms with Gasteiger partial charge in [-0.2, -0.15) is 0 Å². The van der Waals surface area contributed by atoms with Crippen LogP contribution in [-0.2, 0) is 0 Å². The second kappa shape index (κ2) is 5.21. The highest BCUT2D eigenvalue weighted by Crippen LogP contribution is 2.23. The zero-order valence-corrected chi connectivity index (χ0v) is 9.78. The Balaban J connectivity index is 2.01. The summed E-state index contributed by atoms with van der Waals surface area (Å²) in [4.78, 5) is 0. The van der Waals surface area contributed by atoms with E-state index < -0.39 is 0 Å². The van der Waals surface area contributed by atoms with Crippen molar-refractivity contribution in [1.82, 2.24) is 0 Å². The first-order valence-corrected chi connectivity index (χ1v) is 5.96. The largest absolute Gasteiger partial charge is 0.497 e. The van der Waals surface area contributed by atoms with Gasteiger partial charge in [-0.3, -0.25) is 0 Å². The van der Waals surface area contributed by atoms with Gasteiger partial charge in [0.25, 0.3) is 0 Å². The number of methoxy groups -OCH3 is 1. The lowest BCUT2D eigenvalue weighted by molar-refractivity contribution is 0.402. The fourth-order valence-corrected chi connectivity index (χ4v) is 2.27. The maximum absolute atomic E-state index is 6.10. The fraction of sp³-hybridized carbons (Fsp3) is 0.538. The molecule has 88 valence electrons. The van der Waals surface area contributed by atoms with Crippen molar-refractivity contribution in [3.63, 3.8) is 0 Å². The van der Waals surface area contributed by atoms with Crippen molar-refractivity contribution in [2.24, 2.45) is 5.73 Å². The normalized spacial score (nSPS) is 25.1. The fourth-order valence-electron chi connectivity index (χ4n) is 2.27. The Morgan fingerprint density at radius 2 is 2.12 bits per heavy atom. The summed E-state index contributed by atoms with van der Waals surface area (Å²) in [6.45, 7) is 0. The summed E-state index contributed by atoms with van der Waals surface area (Å²) >= 11 is 0.